The Balaban J connectivity index is 1.83. The summed E-state index contributed by atoms with van der Waals surface area (Å²) in [7, 11) is 0. The van der Waals surface area contributed by atoms with Crippen LogP contribution < -0.4 is 5.32 Å². The van der Waals surface area contributed by atoms with Crippen molar-refractivity contribution in [2.24, 2.45) is 0 Å². The van der Waals surface area contributed by atoms with Gasteiger partial charge in [0.15, 0.2) is 0 Å². The fraction of sp³-hybridized carbons (Fsp3) is 0.733. The van der Waals surface area contributed by atoms with Crippen molar-refractivity contribution < 1.29 is 4.74 Å². The van der Waals surface area contributed by atoms with E-state index in [0.717, 1.165) is 38.4 Å². The molecule has 2 aliphatic rings. The third kappa shape index (κ3) is 2.79. The van der Waals surface area contributed by atoms with Crippen LogP contribution in [0.2, 0.25) is 0 Å². The highest BCUT2D eigenvalue weighted by molar-refractivity contribution is 5.31. The summed E-state index contributed by atoms with van der Waals surface area (Å²) >= 11 is 0. The first-order chi connectivity index (χ1) is 9.24. The molecule has 0 spiro atoms. The molecule has 1 atom stereocenters. The van der Waals surface area contributed by atoms with Gasteiger partial charge >= 0.3 is 0 Å². The lowest BCUT2D eigenvalue weighted by Gasteiger charge is -2.22. The summed E-state index contributed by atoms with van der Waals surface area (Å²) in [5, 5.41) is 3.38. The van der Waals surface area contributed by atoms with Crippen LogP contribution in [0.1, 0.15) is 61.8 Å². The highest BCUT2D eigenvalue weighted by Gasteiger charge is 2.22. The lowest BCUT2D eigenvalue weighted by atomic mass is 10.0. The summed E-state index contributed by atoms with van der Waals surface area (Å²) in [6.45, 7) is 7.12. The molecule has 2 aliphatic heterocycles. The van der Waals surface area contributed by atoms with Crippen molar-refractivity contribution in [2.75, 3.05) is 6.61 Å². The van der Waals surface area contributed by atoms with Crippen molar-refractivity contribution in [3.8, 4) is 0 Å². The van der Waals surface area contributed by atoms with Gasteiger partial charge in [-0.1, -0.05) is 13.8 Å². The van der Waals surface area contributed by atoms with Crippen LogP contribution in [0.25, 0.3) is 0 Å². The maximum atomic E-state index is 5.81. The van der Waals surface area contributed by atoms with Gasteiger partial charge in [-0.2, -0.15) is 0 Å². The van der Waals surface area contributed by atoms with E-state index >= 15 is 0 Å². The lowest BCUT2D eigenvalue weighted by Crippen LogP contribution is -2.23. The molecule has 0 saturated carbocycles. The van der Waals surface area contributed by atoms with Crippen LogP contribution >= 0.6 is 0 Å². The van der Waals surface area contributed by atoms with Crippen molar-refractivity contribution in [3.63, 3.8) is 0 Å². The topological polar surface area (TPSA) is 47.0 Å². The van der Waals surface area contributed by atoms with E-state index in [4.69, 9.17) is 14.7 Å². The van der Waals surface area contributed by atoms with E-state index in [0.29, 0.717) is 12.0 Å². The molecule has 1 fully saturated rings. The van der Waals surface area contributed by atoms with Crippen molar-refractivity contribution in [1.29, 1.82) is 0 Å². The maximum Gasteiger partial charge on any atom is 0.131 e. The number of aromatic nitrogens is 2. The number of hydrogen-bond donors (Lipinski definition) is 1. The summed E-state index contributed by atoms with van der Waals surface area (Å²) < 4.78 is 5.81. The van der Waals surface area contributed by atoms with Gasteiger partial charge < -0.3 is 10.1 Å². The monoisotopic (exact) mass is 261 g/mol. The molecule has 1 unspecified atom stereocenters. The first kappa shape index (κ1) is 13.0. The van der Waals surface area contributed by atoms with E-state index in [2.05, 4.69) is 19.2 Å². The van der Waals surface area contributed by atoms with Crippen molar-refractivity contribution in [2.45, 2.75) is 64.6 Å². The molecular formula is C15H23N3O. The molecule has 0 bridgehead atoms. The molecule has 1 aromatic heterocycles. The molecule has 19 heavy (non-hydrogen) atoms. The van der Waals surface area contributed by atoms with E-state index in [1.807, 2.05) is 0 Å². The smallest absolute Gasteiger partial charge is 0.131 e. The van der Waals surface area contributed by atoms with Crippen LogP contribution in [-0.4, -0.2) is 22.7 Å². The Bertz CT molecular complexity index is 453. The second-order valence-electron chi connectivity index (χ2n) is 5.90. The van der Waals surface area contributed by atoms with Gasteiger partial charge in [-0.25, -0.2) is 9.97 Å². The predicted molar refractivity (Wildman–Crippen MR) is 74.0 cm³/mol. The second-order valence-corrected chi connectivity index (χ2v) is 5.90. The molecule has 0 amide bonds. The fourth-order valence-corrected chi connectivity index (χ4v) is 2.99. The number of ether oxygens (including phenoxy) is 1. The number of nitrogens with zero attached hydrogens (tertiary/aromatic N) is 2. The minimum absolute atomic E-state index is 0.321. The first-order valence-corrected chi connectivity index (χ1v) is 7.45. The largest absolute Gasteiger partial charge is 0.378 e. The van der Waals surface area contributed by atoms with Crippen LogP contribution in [0.5, 0.6) is 0 Å². The minimum Gasteiger partial charge on any atom is -0.378 e. The van der Waals surface area contributed by atoms with Gasteiger partial charge in [0.05, 0.1) is 17.5 Å². The number of fused-ring (bicyclic) bond motifs is 1. The number of rotatable bonds is 3. The van der Waals surface area contributed by atoms with E-state index in [1.165, 1.54) is 29.8 Å². The number of hydrogen-bond acceptors (Lipinski definition) is 4. The second kappa shape index (κ2) is 5.55. The fourth-order valence-electron chi connectivity index (χ4n) is 2.99. The third-order valence-electron chi connectivity index (χ3n) is 4.00. The summed E-state index contributed by atoms with van der Waals surface area (Å²) in [6, 6.07) is 0. The Morgan fingerprint density at radius 2 is 2.16 bits per heavy atom. The van der Waals surface area contributed by atoms with E-state index in [1.54, 1.807) is 0 Å². The van der Waals surface area contributed by atoms with Gasteiger partial charge in [0.25, 0.3) is 0 Å². The van der Waals surface area contributed by atoms with Gasteiger partial charge in [-0.05, 0) is 25.2 Å². The van der Waals surface area contributed by atoms with E-state index in [-0.39, 0.29) is 0 Å². The zero-order valence-corrected chi connectivity index (χ0v) is 11.9. The zero-order chi connectivity index (χ0) is 13.2. The standard InChI is InChI=1S/C15H23N3O/c1-10(2)15-12-8-16-9-13(12)17-14(18-15)7-11-5-3-4-6-19-11/h10-11,16H,3-9H2,1-2H3. The summed E-state index contributed by atoms with van der Waals surface area (Å²) in [6.07, 6.45) is 4.81. The Hall–Kier alpha value is -1.00. The molecule has 4 nitrogen and oxygen atoms in total. The quantitative estimate of drug-likeness (QED) is 0.907. The molecule has 3 rings (SSSR count). The Morgan fingerprint density at radius 3 is 2.89 bits per heavy atom. The van der Waals surface area contributed by atoms with Crippen molar-refractivity contribution >= 4 is 0 Å². The first-order valence-electron chi connectivity index (χ1n) is 7.45. The van der Waals surface area contributed by atoms with Gasteiger partial charge in [-0.3, -0.25) is 0 Å². The molecule has 1 saturated heterocycles. The normalized spacial score (nSPS) is 22.8. The van der Waals surface area contributed by atoms with Crippen LogP contribution in [0.3, 0.4) is 0 Å². The lowest BCUT2D eigenvalue weighted by molar-refractivity contribution is 0.0156. The van der Waals surface area contributed by atoms with Crippen LogP contribution in [-0.2, 0) is 24.2 Å². The minimum atomic E-state index is 0.321. The molecule has 0 radical (unpaired) electrons. The van der Waals surface area contributed by atoms with Crippen molar-refractivity contribution in [1.82, 2.24) is 15.3 Å². The number of nitrogens with one attached hydrogen (secondary N) is 1. The van der Waals surface area contributed by atoms with Gasteiger partial charge in [0, 0.05) is 31.7 Å². The Labute approximate surface area is 115 Å². The SMILES string of the molecule is CC(C)c1nc(CC2CCCCO2)nc2c1CNC2. The Morgan fingerprint density at radius 1 is 1.26 bits per heavy atom. The Kier molecular flexibility index (Phi) is 3.80. The van der Waals surface area contributed by atoms with Crippen LogP contribution in [0, 0.1) is 0 Å². The molecule has 104 valence electrons. The van der Waals surface area contributed by atoms with Gasteiger partial charge in [-0.15, -0.1) is 0 Å². The summed E-state index contributed by atoms with van der Waals surface area (Å²) in [4.78, 5) is 9.54. The summed E-state index contributed by atoms with van der Waals surface area (Å²) in [5.41, 5.74) is 3.74. The summed E-state index contributed by atoms with van der Waals surface area (Å²) in [5.74, 6) is 1.43. The van der Waals surface area contributed by atoms with E-state index < -0.39 is 0 Å². The van der Waals surface area contributed by atoms with Crippen LogP contribution in [0.15, 0.2) is 0 Å². The van der Waals surface area contributed by atoms with Crippen molar-refractivity contribution in [3.05, 3.63) is 22.8 Å². The third-order valence-corrected chi connectivity index (χ3v) is 4.00. The molecule has 0 aromatic carbocycles. The van der Waals surface area contributed by atoms with Gasteiger partial charge in [0.2, 0.25) is 0 Å². The van der Waals surface area contributed by atoms with Crippen LogP contribution in [0.4, 0.5) is 0 Å². The molecule has 1 N–H and O–H groups in total. The highest BCUT2D eigenvalue weighted by atomic mass is 16.5. The average Bonchev–Trinajstić information content (AvgIpc) is 2.87. The molecule has 1 aromatic rings. The average molecular weight is 261 g/mol. The zero-order valence-electron chi connectivity index (χ0n) is 11.9. The highest BCUT2D eigenvalue weighted by Crippen LogP contribution is 2.24. The molecular weight excluding hydrogens is 238 g/mol. The maximum absolute atomic E-state index is 5.81. The predicted octanol–water partition coefficient (Wildman–Crippen LogP) is 2.31. The molecule has 4 heteroatoms. The molecule has 0 aliphatic carbocycles. The molecule has 3 heterocycles. The van der Waals surface area contributed by atoms with Gasteiger partial charge in [0.1, 0.15) is 5.82 Å². The van der Waals surface area contributed by atoms with E-state index in [9.17, 15) is 0 Å².